The number of ketones is 1. The molecule has 0 saturated heterocycles. The highest BCUT2D eigenvalue weighted by Gasteiger charge is 2.32. The Morgan fingerprint density at radius 1 is 1.25 bits per heavy atom. The summed E-state index contributed by atoms with van der Waals surface area (Å²) in [7, 11) is 0. The van der Waals surface area contributed by atoms with Crippen molar-refractivity contribution in [1.82, 2.24) is 4.98 Å². The van der Waals surface area contributed by atoms with Crippen molar-refractivity contribution in [1.29, 1.82) is 0 Å². The van der Waals surface area contributed by atoms with Gasteiger partial charge in [-0.05, 0) is 37.6 Å². The van der Waals surface area contributed by atoms with Crippen molar-refractivity contribution >= 4 is 28.7 Å². The number of fused-ring (bicyclic) bond motifs is 1. The Bertz CT molecular complexity index is 1030. The van der Waals surface area contributed by atoms with E-state index in [1.165, 1.54) is 17.4 Å². The minimum atomic E-state index is -0.533. The normalized spacial score (nSPS) is 14.4. The van der Waals surface area contributed by atoms with Crippen LogP contribution in [-0.2, 0) is 16.0 Å². The predicted molar refractivity (Wildman–Crippen MR) is 110 cm³/mol. The fourth-order valence-corrected chi connectivity index (χ4v) is 4.07. The van der Waals surface area contributed by atoms with Gasteiger partial charge in [0.05, 0.1) is 22.4 Å². The van der Waals surface area contributed by atoms with Gasteiger partial charge in [-0.15, -0.1) is 11.3 Å². The summed E-state index contributed by atoms with van der Waals surface area (Å²) in [5.41, 5.74) is 3.59. The molecule has 0 radical (unpaired) electrons. The third-order valence-corrected chi connectivity index (χ3v) is 5.71. The van der Waals surface area contributed by atoms with Gasteiger partial charge >= 0.3 is 0 Å². The number of carbonyl (C=O) groups is 2. The van der Waals surface area contributed by atoms with Crippen LogP contribution < -0.4 is 9.64 Å². The summed E-state index contributed by atoms with van der Waals surface area (Å²) in [6.45, 7) is 3.18. The van der Waals surface area contributed by atoms with E-state index < -0.39 is 6.04 Å². The first-order valence-electron chi connectivity index (χ1n) is 9.11. The summed E-state index contributed by atoms with van der Waals surface area (Å²) < 4.78 is 5.55. The molecule has 142 valence electrons. The lowest BCUT2D eigenvalue weighted by Gasteiger charge is -2.33. The van der Waals surface area contributed by atoms with E-state index in [0.717, 1.165) is 22.7 Å². The maximum absolute atomic E-state index is 12.4. The van der Waals surface area contributed by atoms with Gasteiger partial charge < -0.3 is 4.74 Å². The molecule has 0 aliphatic carbocycles. The van der Waals surface area contributed by atoms with Gasteiger partial charge in [0.2, 0.25) is 0 Å². The van der Waals surface area contributed by atoms with Gasteiger partial charge in [0.1, 0.15) is 5.75 Å². The fraction of sp³-hybridized carbons (Fsp3) is 0.227. The van der Waals surface area contributed by atoms with Crippen LogP contribution in [0.4, 0.5) is 5.69 Å². The monoisotopic (exact) mass is 392 g/mol. The van der Waals surface area contributed by atoms with Crippen LogP contribution in [0.2, 0.25) is 0 Å². The first-order chi connectivity index (χ1) is 13.5. The number of carbonyl (C=O) groups excluding carboxylic acids is 2. The standard InChI is InChI=1S/C22H20N2O3S/c1-14(15(2)25)24-19-11-17(8-9-20(19)27-12-22(24)26)18-13-28-21(23-18)10-16-6-4-3-5-7-16/h3-9,11,13-14H,10,12H2,1-2H3. The highest BCUT2D eigenvalue weighted by Crippen LogP contribution is 2.37. The Labute approximate surface area is 167 Å². The van der Waals surface area contributed by atoms with Crippen LogP contribution in [-0.4, -0.2) is 29.3 Å². The first kappa shape index (κ1) is 18.4. The number of aromatic nitrogens is 1. The fourth-order valence-electron chi connectivity index (χ4n) is 3.23. The largest absolute Gasteiger partial charge is 0.482 e. The maximum Gasteiger partial charge on any atom is 0.265 e. The third-order valence-electron chi connectivity index (χ3n) is 4.86. The first-order valence-corrected chi connectivity index (χ1v) is 9.99. The van der Waals surface area contributed by atoms with Crippen LogP contribution in [0, 0.1) is 0 Å². The second kappa shape index (κ2) is 7.56. The predicted octanol–water partition coefficient (Wildman–Crippen LogP) is 4.10. The van der Waals surface area contributed by atoms with E-state index in [4.69, 9.17) is 9.72 Å². The Balaban J connectivity index is 1.65. The molecule has 2 heterocycles. The molecule has 5 nitrogen and oxygen atoms in total. The lowest BCUT2D eigenvalue weighted by atomic mass is 10.1. The van der Waals surface area contributed by atoms with Gasteiger partial charge in [-0.3, -0.25) is 14.5 Å². The number of ether oxygens (including phenoxy) is 1. The van der Waals surface area contributed by atoms with Crippen LogP contribution in [0.1, 0.15) is 24.4 Å². The molecule has 0 bridgehead atoms. The zero-order chi connectivity index (χ0) is 19.7. The summed E-state index contributed by atoms with van der Waals surface area (Å²) >= 11 is 1.61. The number of anilines is 1. The van der Waals surface area contributed by atoms with Crippen molar-refractivity contribution in [3.05, 3.63) is 64.5 Å². The molecule has 6 heteroatoms. The lowest BCUT2D eigenvalue weighted by Crippen LogP contribution is -2.47. The van der Waals surface area contributed by atoms with Crippen molar-refractivity contribution in [2.24, 2.45) is 0 Å². The Kier molecular flexibility index (Phi) is 4.96. The molecule has 3 aromatic rings. The van der Waals surface area contributed by atoms with Crippen molar-refractivity contribution in [2.75, 3.05) is 11.5 Å². The van der Waals surface area contributed by atoms with Gasteiger partial charge in [-0.25, -0.2) is 4.98 Å². The number of hydrogen-bond donors (Lipinski definition) is 0. The minimum absolute atomic E-state index is 0.0537. The highest BCUT2D eigenvalue weighted by atomic mass is 32.1. The molecule has 2 aromatic carbocycles. The molecule has 0 saturated carbocycles. The molecule has 0 spiro atoms. The number of Topliss-reactive ketones (excluding diaryl/α,β-unsaturated/α-hetero) is 1. The summed E-state index contributed by atoms with van der Waals surface area (Å²) in [5.74, 6) is 0.331. The van der Waals surface area contributed by atoms with Crippen LogP contribution >= 0.6 is 11.3 Å². The van der Waals surface area contributed by atoms with E-state index in [-0.39, 0.29) is 18.3 Å². The summed E-state index contributed by atoms with van der Waals surface area (Å²) in [6, 6.07) is 15.3. The molecule has 0 N–H and O–H groups in total. The summed E-state index contributed by atoms with van der Waals surface area (Å²) in [6.07, 6.45) is 0.783. The molecule has 28 heavy (non-hydrogen) atoms. The smallest absolute Gasteiger partial charge is 0.265 e. The molecule has 1 aromatic heterocycles. The Morgan fingerprint density at radius 3 is 2.79 bits per heavy atom. The van der Waals surface area contributed by atoms with Crippen LogP contribution in [0.25, 0.3) is 11.3 Å². The second-order valence-corrected chi connectivity index (χ2v) is 7.75. The number of thiazole rings is 1. The highest BCUT2D eigenvalue weighted by molar-refractivity contribution is 7.10. The van der Waals surface area contributed by atoms with Gasteiger partial charge in [0, 0.05) is 17.4 Å². The molecular formula is C22H20N2O3S. The van der Waals surface area contributed by atoms with E-state index >= 15 is 0 Å². The van der Waals surface area contributed by atoms with Gasteiger partial charge in [-0.1, -0.05) is 30.3 Å². The van der Waals surface area contributed by atoms with E-state index in [0.29, 0.717) is 11.4 Å². The van der Waals surface area contributed by atoms with E-state index in [9.17, 15) is 9.59 Å². The minimum Gasteiger partial charge on any atom is -0.482 e. The van der Waals surface area contributed by atoms with Crippen LogP contribution in [0.3, 0.4) is 0 Å². The molecule has 0 fully saturated rings. The van der Waals surface area contributed by atoms with Crippen molar-refractivity contribution in [3.8, 4) is 17.0 Å². The molecule has 1 aliphatic rings. The average Bonchev–Trinajstić information content (AvgIpc) is 3.16. The van der Waals surface area contributed by atoms with Crippen LogP contribution in [0.15, 0.2) is 53.9 Å². The zero-order valence-corrected chi connectivity index (χ0v) is 16.5. The molecule has 4 rings (SSSR count). The average molecular weight is 392 g/mol. The maximum atomic E-state index is 12.4. The van der Waals surface area contributed by atoms with Gasteiger partial charge in [0.25, 0.3) is 5.91 Å². The van der Waals surface area contributed by atoms with Crippen molar-refractivity contribution < 1.29 is 14.3 Å². The van der Waals surface area contributed by atoms with Crippen molar-refractivity contribution in [2.45, 2.75) is 26.3 Å². The second-order valence-electron chi connectivity index (χ2n) is 6.81. The quantitative estimate of drug-likeness (QED) is 0.656. The van der Waals surface area contributed by atoms with Gasteiger partial charge in [0.15, 0.2) is 12.4 Å². The molecule has 1 amide bonds. The number of hydrogen-bond acceptors (Lipinski definition) is 5. The number of amides is 1. The van der Waals surface area contributed by atoms with Crippen molar-refractivity contribution in [3.63, 3.8) is 0 Å². The summed E-state index contributed by atoms with van der Waals surface area (Å²) in [5, 5.41) is 3.05. The third kappa shape index (κ3) is 3.55. The number of nitrogens with zero attached hydrogens (tertiary/aromatic N) is 2. The number of rotatable bonds is 5. The van der Waals surface area contributed by atoms with Gasteiger partial charge in [-0.2, -0.15) is 0 Å². The van der Waals surface area contributed by atoms with E-state index in [1.54, 1.807) is 18.3 Å². The van der Waals surface area contributed by atoms with E-state index in [1.807, 2.05) is 41.8 Å². The zero-order valence-electron chi connectivity index (χ0n) is 15.7. The molecular weight excluding hydrogens is 372 g/mol. The molecule has 1 unspecified atom stereocenters. The molecule has 1 atom stereocenters. The SMILES string of the molecule is CC(=O)C(C)N1C(=O)COc2ccc(-c3csc(Cc4ccccc4)n3)cc21. The lowest BCUT2D eigenvalue weighted by molar-refractivity contribution is -0.125. The summed E-state index contributed by atoms with van der Waals surface area (Å²) in [4.78, 5) is 30.6. The Morgan fingerprint density at radius 2 is 2.04 bits per heavy atom. The van der Waals surface area contributed by atoms with E-state index in [2.05, 4.69) is 12.1 Å². The number of benzene rings is 2. The molecule has 1 aliphatic heterocycles. The Hall–Kier alpha value is -2.99. The topological polar surface area (TPSA) is 59.5 Å². The van der Waals surface area contributed by atoms with Crippen LogP contribution in [0.5, 0.6) is 5.75 Å².